The Kier molecular flexibility index (Phi) is 4.83. The first kappa shape index (κ1) is 17.8. The Balaban J connectivity index is 1.24. The number of hydrogen-bond acceptors (Lipinski definition) is 3. The Morgan fingerprint density at radius 1 is 0.926 bits per heavy atom. The van der Waals surface area contributed by atoms with Crippen molar-refractivity contribution in [2.24, 2.45) is 23.7 Å². The molecular weight excluding hydrogens is 330 g/mol. The molecule has 5 unspecified atom stereocenters. The van der Waals surface area contributed by atoms with Gasteiger partial charge in [-0.15, -0.1) is 0 Å². The molecule has 0 aromatic heterocycles. The first-order valence-corrected chi connectivity index (χ1v) is 11.5. The third-order valence-corrected chi connectivity index (χ3v) is 8.32. The first-order chi connectivity index (χ1) is 13.2. The molecule has 2 heterocycles. The van der Waals surface area contributed by atoms with Crippen molar-refractivity contribution in [3.63, 3.8) is 0 Å². The maximum absolute atomic E-state index is 3.58. The Hall–Kier alpha value is -1.22. The van der Waals surface area contributed by atoms with Gasteiger partial charge in [0.15, 0.2) is 0 Å². The molecule has 3 nitrogen and oxygen atoms in total. The van der Waals surface area contributed by atoms with Crippen LogP contribution in [0.15, 0.2) is 24.3 Å². The molecule has 5 rings (SSSR count). The van der Waals surface area contributed by atoms with Crippen LogP contribution < -0.4 is 10.2 Å². The van der Waals surface area contributed by atoms with Gasteiger partial charge >= 0.3 is 0 Å². The van der Waals surface area contributed by atoms with Crippen LogP contribution in [0.25, 0.3) is 0 Å². The highest BCUT2D eigenvalue weighted by atomic mass is 15.3. The van der Waals surface area contributed by atoms with Gasteiger partial charge in [-0.05, 0) is 74.3 Å². The van der Waals surface area contributed by atoms with Gasteiger partial charge in [0.2, 0.25) is 0 Å². The SMILES string of the molecule is CC1CC(C)C2CCCC(N3CCC(N4CNc5ccccc54)CC3)C2C1. The van der Waals surface area contributed by atoms with Crippen LogP contribution in [0.5, 0.6) is 0 Å². The Morgan fingerprint density at radius 2 is 1.74 bits per heavy atom. The zero-order valence-corrected chi connectivity index (χ0v) is 17.2. The lowest BCUT2D eigenvalue weighted by atomic mass is 9.61. The molecule has 2 aliphatic heterocycles. The number of para-hydroxylation sites is 2. The maximum atomic E-state index is 3.58. The van der Waals surface area contributed by atoms with Crippen LogP contribution in [0.2, 0.25) is 0 Å². The van der Waals surface area contributed by atoms with E-state index in [1.165, 1.54) is 69.4 Å². The molecule has 0 radical (unpaired) electrons. The molecule has 3 fully saturated rings. The van der Waals surface area contributed by atoms with Gasteiger partial charge in [-0.1, -0.05) is 32.4 Å². The summed E-state index contributed by atoms with van der Waals surface area (Å²) in [5.41, 5.74) is 2.74. The lowest BCUT2D eigenvalue weighted by molar-refractivity contribution is -0.00882. The molecule has 0 spiro atoms. The Morgan fingerprint density at radius 3 is 2.59 bits per heavy atom. The summed E-state index contributed by atoms with van der Waals surface area (Å²) in [4.78, 5) is 5.54. The van der Waals surface area contributed by atoms with Crippen LogP contribution in [0.3, 0.4) is 0 Å². The number of nitrogens with one attached hydrogen (secondary N) is 1. The van der Waals surface area contributed by atoms with Gasteiger partial charge in [-0.2, -0.15) is 0 Å². The zero-order chi connectivity index (χ0) is 18.4. The van der Waals surface area contributed by atoms with E-state index in [2.05, 4.69) is 53.2 Å². The van der Waals surface area contributed by atoms with Gasteiger partial charge < -0.3 is 10.2 Å². The molecule has 148 valence electrons. The van der Waals surface area contributed by atoms with E-state index < -0.39 is 0 Å². The number of likely N-dealkylation sites (tertiary alicyclic amines) is 1. The van der Waals surface area contributed by atoms with E-state index in [1.54, 1.807) is 0 Å². The van der Waals surface area contributed by atoms with Crippen molar-refractivity contribution in [1.82, 2.24) is 4.90 Å². The van der Waals surface area contributed by atoms with Crippen LogP contribution >= 0.6 is 0 Å². The second-order valence-corrected chi connectivity index (χ2v) is 9.97. The summed E-state index contributed by atoms with van der Waals surface area (Å²) in [5, 5.41) is 3.58. The van der Waals surface area contributed by atoms with E-state index in [1.807, 2.05) is 0 Å². The second kappa shape index (κ2) is 7.31. The minimum absolute atomic E-state index is 0.709. The average Bonchev–Trinajstić information content (AvgIpc) is 3.12. The van der Waals surface area contributed by atoms with Gasteiger partial charge in [0.25, 0.3) is 0 Å². The lowest BCUT2D eigenvalue weighted by Gasteiger charge is -2.52. The quantitative estimate of drug-likeness (QED) is 0.776. The summed E-state index contributed by atoms with van der Waals surface area (Å²) in [5.74, 6) is 3.87. The van der Waals surface area contributed by atoms with Crippen molar-refractivity contribution in [3.8, 4) is 0 Å². The third kappa shape index (κ3) is 3.26. The zero-order valence-electron chi connectivity index (χ0n) is 17.2. The minimum Gasteiger partial charge on any atom is -0.366 e. The highest BCUT2D eigenvalue weighted by Gasteiger charge is 2.43. The van der Waals surface area contributed by atoms with E-state index in [0.717, 1.165) is 36.4 Å². The van der Waals surface area contributed by atoms with E-state index >= 15 is 0 Å². The summed E-state index contributed by atoms with van der Waals surface area (Å²) in [6.45, 7) is 8.65. The third-order valence-electron chi connectivity index (χ3n) is 8.32. The smallest absolute Gasteiger partial charge is 0.0880 e. The summed E-state index contributed by atoms with van der Waals surface area (Å²) >= 11 is 0. The van der Waals surface area contributed by atoms with Crippen LogP contribution in [-0.2, 0) is 0 Å². The fourth-order valence-corrected chi connectivity index (χ4v) is 7.12. The van der Waals surface area contributed by atoms with Crippen LogP contribution in [0.4, 0.5) is 11.4 Å². The molecule has 1 N–H and O–H groups in total. The Labute approximate surface area is 165 Å². The number of hydrogen-bond donors (Lipinski definition) is 1. The molecule has 1 aromatic rings. The van der Waals surface area contributed by atoms with E-state index in [4.69, 9.17) is 0 Å². The second-order valence-electron chi connectivity index (χ2n) is 9.97. The molecule has 5 atom stereocenters. The molecule has 0 amide bonds. The van der Waals surface area contributed by atoms with Crippen molar-refractivity contribution >= 4 is 11.4 Å². The topological polar surface area (TPSA) is 18.5 Å². The largest absolute Gasteiger partial charge is 0.366 e. The fourth-order valence-electron chi connectivity index (χ4n) is 7.12. The highest BCUT2D eigenvalue weighted by molar-refractivity contribution is 5.74. The highest BCUT2D eigenvalue weighted by Crippen LogP contribution is 2.47. The molecule has 3 heteroatoms. The molecule has 1 aromatic carbocycles. The number of fused-ring (bicyclic) bond motifs is 2. The number of rotatable bonds is 2. The van der Waals surface area contributed by atoms with Gasteiger partial charge in [0.1, 0.15) is 0 Å². The molecule has 1 saturated heterocycles. The normalized spacial score (nSPS) is 37.6. The fraction of sp³-hybridized carbons (Fsp3) is 0.750. The number of piperidine rings is 1. The van der Waals surface area contributed by atoms with Crippen molar-refractivity contribution in [1.29, 1.82) is 0 Å². The van der Waals surface area contributed by atoms with Crippen molar-refractivity contribution in [2.75, 3.05) is 30.0 Å². The molecule has 27 heavy (non-hydrogen) atoms. The van der Waals surface area contributed by atoms with E-state index in [0.29, 0.717) is 6.04 Å². The minimum atomic E-state index is 0.709. The average molecular weight is 368 g/mol. The monoisotopic (exact) mass is 367 g/mol. The first-order valence-electron chi connectivity index (χ1n) is 11.5. The van der Waals surface area contributed by atoms with E-state index in [-0.39, 0.29) is 0 Å². The molecular formula is C24H37N3. The van der Waals surface area contributed by atoms with Gasteiger partial charge in [0, 0.05) is 25.2 Å². The van der Waals surface area contributed by atoms with Crippen LogP contribution in [0.1, 0.15) is 58.8 Å². The lowest BCUT2D eigenvalue weighted by Crippen LogP contribution is -2.54. The number of nitrogens with zero attached hydrogens (tertiary/aromatic N) is 2. The predicted molar refractivity (Wildman–Crippen MR) is 114 cm³/mol. The van der Waals surface area contributed by atoms with Crippen molar-refractivity contribution in [3.05, 3.63) is 24.3 Å². The van der Waals surface area contributed by atoms with E-state index in [9.17, 15) is 0 Å². The van der Waals surface area contributed by atoms with Crippen molar-refractivity contribution in [2.45, 2.75) is 70.9 Å². The molecule has 2 saturated carbocycles. The Bertz CT molecular complexity index is 651. The predicted octanol–water partition coefficient (Wildman–Crippen LogP) is 5.19. The van der Waals surface area contributed by atoms with Gasteiger partial charge in [-0.3, -0.25) is 4.90 Å². The summed E-state index contributed by atoms with van der Waals surface area (Å²) in [6.07, 6.45) is 10.0. The molecule has 0 bridgehead atoms. The van der Waals surface area contributed by atoms with Crippen LogP contribution in [-0.4, -0.2) is 36.7 Å². The number of anilines is 2. The van der Waals surface area contributed by atoms with Crippen LogP contribution in [0, 0.1) is 23.7 Å². The molecule has 4 aliphatic rings. The van der Waals surface area contributed by atoms with Crippen molar-refractivity contribution < 1.29 is 0 Å². The summed E-state index contributed by atoms with van der Waals surface area (Å²) in [7, 11) is 0. The standard InChI is InChI=1S/C24H37N3/c1-17-14-18(2)20-6-5-9-23(21(20)15-17)26-12-10-19(11-13-26)27-16-25-22-7-3-4-8-24(22)27/h3-4,7-8,17-21,23,25H,5-6,9-16H2,1-2H3. The van der Waals surface area contributed by atoms with Gasteiger partial charge in [0.05, 0.1) is 18.0 Å². The number of benzene rings is 1. The summed E-state index contributed by atoms with van der Waals surface area (Å²) in [6, 6.07) is 10.4. The van der Waals surface area contributed by atoms with Gasteiger partial charge in [-0.25, -0.2) is 0 Å². The maximum Gasteiger partial charge on any atom is 0.0880 e. The summed E-state index contributed by atoms with van der Waals surface area (Å²) < 4.78 is 0. The molecule has 2 aliphatic carbocycles.